The summed E-state index contributed by atoms with van der Waals surface area (Å²) < 4.78 is 18.7. The Morgan fingerprint density at radius 1 is 1.37 bits per heavy atom. The van der Waals surface area contributed by atoms with Gasteiger partial charge in [0.25, 0.3) is 0 Å². The number of nitrogens with zero attached hydrogens (tertiary/aromatic N) is 2. The van der Waals surface area contributed by atoms with Gasteiger partial charge in [0.1, 0.15) is 5.82 Å². The molecule has 0 aliphatic heterocycles. The normalized spacial score (nSPS) is 11.4. The maximum Gasteiger partial charge on any atom is 0.212 e. The summed E-state index contributed by atoms with van der Waals surface area (Å²) in [6, 6.07) is 4.70. The molecular formula is C13H11BrFN3O. The van der Waals surface area contributed by atoms with E-state index in [0.717, 1.165) is 4.47 Å². The molecular weight excluding hydrogens is 313 g/mol. The molecule has 98 valence electrons. The molecule has 2 aromatic heterocycles. The van der Waals surface area contributed by atoms with Gasteiger partial charge in [-0.1, -0.05) is 0 Å². The van der Waals surface area contributed by atoms with Gasteiger partial charge in [0.05, 0.1) is 13.4 Å². The molecule has 2 heterocycles. The number of nitrogen functional groups attached to an aromatic ring is 1. The average molecular weight is 324 g/mol. The fraction of sp³-hybridized carbons (Fsp3) is 0.0769. The second kappa shape index (κ2) is 5.79. The van der Waals surface area contributed by atoms with E-state index in [1.54, 1.807) is 12.3 Å². The van der Waals surface area contributed by atoms with Gasteiger partial charge >= 0.3 is 0 Å². The van der Waals surface area contributed by atoms with Crippen molar-refractivity contribution >= 4 is 27.3 Å². The van der Waals surface area contributed by atoms with Crippen molar-refractivity contribution < 1.29 is 9.13 Å². The van der Waals surface area contributed by atoms with E-state index in [4.69, 9.17) is 10.5 Å². The summed E-state index contributed by atoms with van der Waals surface area (Å²) >= 11 is 3.34. The van der Waals surface area contributed by atoms with Gasteiger partial charge in [-0.2, -0.15) is 4.39 Å². The molecule has 0 spiro atoms. The zero-order chi connectivity index (χ0) is 13.8. The third-order valence-electron chi connectivity index (χ3n) is 2.45. The van der Waals surface area contributed by atoms with Crippen LogP contribution in [0.3, 0.4) is 0 Å². The summed E-state index contributed by atoms with van der Waals surface area (Å²) in [6.45, 7) is 0. The van der Waals surface area contributed by atoms with Gasteiger partial charge in [0.2, 0.25) is 5.95 Å². The van der Waals surface area contributed by atoms with Crippen molar-refractivity contribution in [2.24, 2.45) is 0 Å². The zero-order valence-corrected chi connectivity index (χ0v) is 11.7. The van der Waals surface area contributed by atoms with E-state index in [2.05, 4.69) is 25.9 Å². The first-order valence-electron chi connectivity index (χ1n) is 5.38. The van der Waals surface area contributed by atoms with E-state index in [9.17, 15) is 4.39 Å². The van der Waals surface area contributed by atoms with E-state index >= 15 is 0 Å². The quantitative estimate of drug-likeness (QED) is 0.696. The Morgan fingerprint density at radius 3 is 2.79 bits per heavy atom. The van der Waals surface area contributed by atoms with Crippen LogP contribution in [0, 0.1) is 5.95 Å². The second-order valence-corrected chi connectivity index (χ2v) is 4.64. The molecule has 6 heteroatoms. The van der Waals surface area contributed by atoms with Crippen LogP contribution in [0.15, 0.2) is 41.3 Å². The number of nitrogens with two attached hydrogens (primary N) is 1. The third kappa shape index (κ3) is 3.08. The van der Waals surface area contributed by atoms with Crippen LogP contribution in [-0.2, 0) is 4.74 Å². The lowest BCUT2D eigenvalue weighted by Gasteiger charge is -2.10. The Labute approximate surface area is 118 Å². The highest BCUT2D eigenvalue weighted by Crippen LogP contribution is 2.28. The molecule has 0 atom stereocenters. The molecule has 0 amide bonds. The molecule has 0 saturated heterocycles. The largest absolute Gasteiger partial charge is 0.504 e. The molecule has 0 saturated carbocycles. The van der Waals surface area contributed by atoms with Crippen molar-refractivity contribution in [3.63, 3.8) is 0 Å². The maximum absolute atomic E-state index is 12.9. The van der Waals surface area contributed by atoms with Crippen molar-refractivity contribution in [3.05, 3.63) is 58.4 Å². The lowest BCUT2D eigenvalue weighted by Crippen LogP contribution is -1.99. The number of aromatic nitrogens is 2. The lowest BCUT2D eigenvalue weighted by atomic mass is 10.0. The van der Waals surface area contributed by atoms with Crippen molar-refractivity contribution in [3.8, 4) is 0 Å². The Hall–Kier alpha value is -1.95. The smallest absolute Gasteiger partial charge is 0.212 e. The fourth-order valence-corrected chi connectivity index (χ4v) is 1.94. The van der Waals surface area contributed by atoms with E-state index in [1.807, 2.05) is 6.07 Å². The van der Waals surface area contributed by atoms with Crippen molar-refractivity contribution in [1.82, 2.24) is 9.97 Å². The number of pyridine rings is 2. The molecule has 0 radical (unpaired) electrons. The van der Waals surface area contributed by atoms with Crippen LogP contribution in [0.25, 0.3) is 5.57 Å². The van der Waals surface area contributed by atoms with Gasteiger partial charge in [-0.15, -0.1) is 0 Å². The predicted octanol–water partition coefficient (Wildman–Crippen LogP) is 3.00. The van der Waals surface area contributed by atoms with E-state index in [0.29, 0.717) is 22.5 Å². The minimum absolute atomic E-state index is 0.357. The monoisotopic (exact) mass is 323 g/mol. The van der Waals surface area contributed by atoms with Crippen LogP contribution in [0.2, 0.25) is 0 Å². The number of methoxy groups -OCH3 is 1. The first kappa shape index (κ1) is 13.5. The summed E-state index contributed by atoms with van der Waals surface area (Å²) in [5.74, 6) is -0.184. The van der Waals surface area contributed by atoms with Crippen LogP contribution in [0.4, 0.5) is 10.2 Å². The van der Waals surface area contributed by atoms with Crippen molar-refractivity contribution in [1.29, 1.82) is 0 Å². The summed E-state index contributed by atoms with van der Waals surface area (Å²) in [7, 11) is 1.53. The molecule has 0 unspecified atom stereocenters. The van der Waals surface area contributed by atoms with Gasteiger partial charge in [-0.3, -0.25) is 0 Å². The molecule has 4 nitrogen and oxygen atoms in total. The van der Waals surface area contributed by atoms with Crippen LogP contribution in [0.1, 0.15) is 11.1 Å². The lowest BCUT2D eigenvalue weighted by molar-refractivity contribution is 0.340. The molecule has 19 heavy (non-hydrogen) atoms. The summed E-state index contributed by atoms with van der Waals surface area (Å²) in [5.41, 5.74) is 7.92. The number of anilines is 1. The Balaban J connectivity index is 2.55. The van der Waals surface area contributed by atoms with Crippen molar-refractivity contribution in [2.75, 3.05) is 12.8 Å². The zero-order valence-electron chi connectivity index (χ0n) is 10.1. The van der Waals surface area contributed by atoms with Gasteiger partial charge in [0, 0.05) is 33.6 Å². The Kier molecular flexibility index (Phi) is 4.11. The van der Waals surface area contributed by atoms with Gasteiger partial charge in [0.15, 0.2) is 0 Å². The highest BCUT2D eigenvalue weighted by Gasteiger charge is 2.11. The fourth-order valence-electron chi connectivity index (χ4n) is 1.61. The van der Waals surface area contributed by atoms with Crippen LogP contribution in [-0.4, -0.2) is 17.1 Å². The first-order chi connectivity index (χ1) is 9.11. The minimum Gasteiger partial charge on any atom is -0.504 e. The topological polar surface area (TPSA) is 61.0 Å². The highest BCUT2D eigenvalue weighted by molar-refractivity contribution is 9.10. The number of hydrogen-bond acceptors (Lipinski definition) is 4. The summed E-state index contributed by atoms with van der Waals surface area (Å²) in [6.07, 6.45) is 4.54. The molecule has 2 N–H and O–H groups in total. The van der Waals surface area contributed by atoms with Crippen LogP contribution >= 0.6 is 15.9 Å². The number of ether oxygens (including phenoxy) is 1. The van der Waals surface area contributed by atoms with E-state index < -0.39 is 5.95 Å². The maximum atomic E-state index is 12.9. The first-order valence-corrected chi connectivity index (χ1v) is 6.17. The SMILES string of the molecule is COC=C(c1ccc(F)nc1)c1cc(Br)cnc1N. The highest BCUT2D eigenvalue weighted by atomic mass is 79.9. The molecule has 0 aliphatic rings. The molecule has 0 aliphatic carbocycles. The summed E-state index contributed by atoms with van der Waals surface area (Å²) in [4.78, 5) is 7.69. The Morgan fingerprint density at radius 2 is 2.16 bits per heavy atom. The van der Waals surface area contributed by atoms with Gasteiger partial charge < -0.3 is 10.5 Å². The van der Waals surface area contributed by atoms with E-state index in [-0.39, 0.29) is 0 Å². The molecule has 0 fully saturated rings. The predicted molar refractivity (Wildman–Crippen MR) is 74.6 cm³/mol. The van der Waals surface area contributed by atoms with Gasteiger partial charge in [-0.05, 0) is 34.1 Å². The van der Waals surface area contributed by atoms with Crippen LogP contribution < -0.4 is 5.73 Å². The Bertz CT molecular complexity index is 614. The average Bonchev–Trinajstić information content (AvgIpc) is 2.40. The van der Waals surface area contributed by atoms with Gasteiger partial charge in [-0.25, -0.2) is 9.97 Å². The molecule has 2 rings (SSSR count). The second-order valence-electron chi connectivity index (χ2n) is 3.72. The summed E-state index contributed by atoms with van der Waals surface area (Å²) in [5, 5.41) is 0. The standard InChI is InChI=1S/C13H11BrFN3O/c1-19-7-11(8-2-3-12(15)17-5-8)10-4-9(14)6-18-13(10)16/h2-7H,1H3,(H2,16,18). The van der Waals surface area contributed by atoms with Crippen LogP contribution in [0.5, 0.6) is 0 Å². The number of rotatable bonds is 3. The number of halogens is 2. The van der Waals surface area contributed by atoms with Crippen molar-refractivity contribution in [2.45, 2.75) is 0 Å². The van der Waals surface area contributed by atoms with E-state index in [1.165, 1.54) is 25.6 Å². The molecule has 2 aromatic rings. The molecule has 0 aromatic carbocycles. The minimum atomic E-state index is -0.541. The molecule has 0 bridgehead atoms. The third-order valence-corrected chi connectivity index (χ3v) is 2.88. The number of hydrogen-bond donors (Lipinski definition) is 1.